The summed E-state index contributed by atoms with van der Waals surface area (Å²) in [5.41, 5.74) is 4.69. The predicted molar refractivity (Wildman–Crippen MR) is 170 cm³/mol. The molecule has 4 heterocycles. The number of benzene rings is 3. The third-order valence-electron chi connectivity index (χ3n) is 7.71. The Morgan fingerprint density at radius 1 is 0.907 bits per heavy atom. The molecule has 3 aromatic carbocycles. The lowest BCUT2D eigenvalue weighted by atomic mass is 10.2. The normalized spacial score (nSPS) is 13.9. The first-order valence-electron chi connectivity index (χ1n) is 14.0. The van der Waals surface area contributed by atoms with Gasteiger partial charge in [0, 0.05) is 49.4 Å². The molecule has 0 saturated carbocycles. The van der Waals surface area contributed by atoms with Crippen molar-refractivity contribution in [3.8, 4) is 5.69 Å². The molecule has 1 aliphatic rings. The van der Waals surface area contributed by atoms with Gasteiger partial charge in [0.2, 0.25) is 17.6 Å². The molecule has 6 aromatic rings. The van der Waals surface area contributed by atoms with E-state index in [0.29, 0.717) is 45.2 Å². The Labute approximate surface area is 246 Å². The largest absolute Gasteiger partial charge is 0.369 e. The van der Waals surface area contributed by atoms with Gasteiger partial charge in [0.25, 0.3) is 5.56 Å². The van der Waals surface area contributed by atoms with Crippen LogP contribution >= 0.6 is 0 Å². The summed E-state index contributed by atoms with van der Waals surface area (Å²) in [6.45, 7) is 7.59. The van der Waals surface area contributed by atoms with Gasteiger partial charge < -0.3 is 20.4 Å². The molecule has 7 rings (SSSR count). The Hall–Kier alpha value is -5.55. The fraction of sp³-hybridized carbons (Fsp3) is 0.156. The summed E-state index contributed by atoms with van der Waals surface area (Å²) in [7, 11) is 2.14. The summed E-state index contributed by atoms with van der Waals surface area (Å²) in [5, 5.41) is 6.42. The van der Waals surface area contributed by atoms with E-state index >= 15 is 0 Å². The molecule has 2 N–H and O–H groups in total. The van der Waals surface area contributed by atoms with Crippen LogP contribution in [0.2, 0.25) is 0 Å². The molecule has 1 saturated heterocycles. The number of imidazole rings is 1. The van der Waals surface area contributed by atoms with Gasteiger partial charge in [-0.15, -0.1) is 0 Å². The second-order valence-electron chi connectivity index (χ2n) is 10.5. The van der Waals surface area contributed by atoms with E-state index in [1.165, 1.54) is 11.8 Å². The van der Waals surface area contributed by atoms with Gasteiger partial charge in [-0.3, -0.25) is 14.2 Å². The molecule has 214 valence electrons. The van der Waals surface area contributed by atoms with Crippen molar-refractivity contribution >= 4 is 56.8 Å². The summed E-state index contributed by atoms with van der Waals surface area (Å²) in [6.07, 6.45) is 2.75. The van der Waals surface area contributed by atoms with Crippen LogP contribution in [0.5, 0.6) is 0 Å². The minimum absolute atomic E-state index is 0.269. The van der Waals surface area contributed by atoms with Crippen LogP contribution in [0.4, 0.5) is 23.0 Å². The molecule has 43 heavy (non-hydrogen) atoms. The summed E-state index contributed by atoms with van der Waals surface area (Å²) in [4.78, 5) is 44.7. The van der Waals surface area contributed by atoms with Gasteiger partial charge in [0.05, 0.1) is 16.7 Å². The zero-order valence-corrected chi connectivity index (χ0v) is 23.6. The van der Waals surface area contributed by atoms with Crippen LogP contribution in [0.25, 0.3) is 33.5 Å². The lowest BCUT2D eigenvalue weighted by Crippen LogP contribution is -2.44. The fourth-order valence-corrected chi connectivity index (χ4v) is 5.44. The molecule has 0 unspecified atom stereocenters. The van der Waals surface area contributed by atoms with Crippen molar-refractivity contribution in [2.24, 2.45) is 0 Å². The molecular formula is C32H29N9O2. The van der Waals surface area contributed by atoms with E-state index in [1.54, 1.807) is 22.7 Å². The molecule has 0 bridgehead atoms. The molecule has 1 fully saturated rings. The number of carbonyl (C=O) groups is 1. The van der Waals surface area contributed by atoms with Crippen molar-refractivity contribution in [1.29, 1.82) is 0 Å². The van der Waals surface area contributed by atoms with Gasteiger partial charge in [-0.1, -0.05) is 24.8 Å². The Balaban J connectivity index is 1.34. The molecule has 1 amide bonds. The lowest BCUT2D eigenvalue weighted by Gasteiger charge is -2.34. The number of likely N-dealkylation sites (N-methyl/N-ethyl adjacent to an activating group) is 1. The third-order valence-corrected chi connectivity index (χ3v) is 7.71. The summed E-state index contributed by atoms with van der Waals surface area (Å²) < 4.78 is 3.38. The average Bonchev–Trinajstić information content (AvgIpc) is 3.41. The van der Waals surface area contributed by atoms with Crippen LogP contribution in [-0.4, -0.2) is 68.0 Å². The molecule has 0 spiro atoms. The van der Waals surface area contributed by atoms with Gasteiger partial charge >= 0.3 is 0 Å². The number of hydrogen-bond acceptors (Lipinski definition) is 8. The topological polar surface area (TPSA) is 113 Å². The quantitative estimate of drug-likeness (QED) is 0.286. The molecule has 11 heteroatoms. The molecule has 11 nitrogen and oxygen atoms in total. The highest BCUT2D eigenvalue weighted by Crippen LogP contribution is 2.26. The number of amides is 1. The standard InChI is InChI=1S/C32H29N9O2/c1-3-28(42)34-22-7-6-8-24(19-22)40-29-25(30(43)41-27-10-5-4-9-26(27)36-32(40)41)20-33-31(37-29)35-21-11-13-23(14-12-21)39-17-15-38(2)16-18-39/h3-14,19-20H,1,15-18H2,2H3,(H,34,42)(H,33,35,37). The van der Waals surface area contributed by atoms with Gasteiger partial charge in [0.1, 0.15) is 5.39 Å². The maximum absolute atomic E-state index is 13.8. The maximum Gasteiger partial charge on any atom is 0.270 e. The molecule has 0 aliphatic carbocycles. The van der Waals surface area contributed by atoms with E-state index in [-0.39, 0.29) is 11.5 Å². The first-order valence-corrected chi connectivity index (χ1v) is 14.0. The van der Waals surface area contributed by atoms with Crippen LogP contribution in [0, 0.1) is 0 Å². The number of fused-ring (bicyclic) bond motifs is 4. The molecule has 0 atom stereocenters. The van der Waals surface area contributed by atoms with Gasteiger partial charge in [-0.05, 0) is 67.7 Å². The maximum atomic E-state index is 13.8. The number of carbonyl (C=O) groups excluding carboxylic acids is 1. The number of anilines is 4. The Morgan fingerprint density at radius 3 is 2.49 bits per heavy atom. The first-order chi connectivity index (χ1) is 21.0. The number of para-hydroxylation sites is 2. The van der Waals surface area contributed by atoms with E-state index in [9.17, 15) is 9.59 Å². The molecule has 1 aliphatic heterocycles. The lowest BCUT2D eigenvalue weighted by molar-refractivity contribution is -0.111. The Kier molecular flexibility index (Phi) is 6.55. The highest BCUT2D eigenvalue weighted by molar-refractivity contribution is 5.99. The minimum Gasteiger partial charge on any atom is -0.369 e. The zero-order valence-electron chi connectivity index (χ0n) is 23.6. The Bertz CT molecular complexity index is 2070. The average molecular weight is 572 g/mol. The van der Waals surface area contributed by atoms with Crippen molar-refractivity contribution in [2.75, 3.05) is 48.8 Å². The van der Waals surface area contributed by atoms with Crippen molar-refractivity contribution in [3.63, 3.8) is 0 Å². The Morgan fingerprint density at radius 2 is 1.70 bits per heavy atom. The molecular weight excluding hydrogens is 542 g/mol. The predicted octanol–water partition coefficient (Wildman–Crippen LogP) is 4.20. The van der Waals surface area contributed by atoms with E-state index in [2.05, 4.69) is 51.2 Å². The van der Waals surface area contributed by atoms with Crippen LogP contribution in [-0.2, 0) is 4.79 Å². The van der Waals surface area contributed by atoms with E-state index in [4.69, 9.17) is 9.97 Å². The smallest absolute Gasteiger partial charge is 0.270 e. The summed E-state index contributed by atoms with van der Waals surface area (Å²) >= 11 is 0. The molecule has 3 aromatic heterocycles. The van der Waals surface area contributed by atoms with Crippen LogP contribution in [0.15, 0.2) is 96.4 Å². The second kappa shape index (κ2) is 10.7. The van der Waals surface area contributed by atoms with Gasteiger partial charge in [0.15, 0.2) is 5.65 Å². The summed E-state index contributed by atoms with van der Waals surface area (Å²) in [6, 6.07) is 22.9. The fourth-order valence-electron chi connectivity index (χ4n) is 5.44. The van der Waals surface area contributed by atoms with Gasteiger partial charge in [-0.2, -0.15) is 4.98 Å². The van der Waals surface area contributed by atoms with Crippen LogP contribution in [0.3, 0.4) is 0 Å². The number of hydrogen-bond donors (Lipinski definition) is 2. The second-order valence-corrected chi connectivity index (χ2v) is 10.5. The number of nitrogens with zero attached hydrogens (tertiary/aromatic N) is 7. The number of aromatic nitrogens is 5. The van der Waals surface area contributed by atoms with Crippen LogP contribution in [0.1, 0.15) is 0 Å². The first kappa shape index (κ1) is 26.4. The van der Waals surface area contributed by atoms with Crippen molar-refractivity contribution < 1.29 is 4.79 Å². The summed E-state index contributed by atoms with van der Waals surface area (Å²) in [5.74, 6) is 0.405. The van der Waals surface area contributed by atoms with E-state index in [0.717, 1.165) is 31.9 Å². The van der Waals surface area contributed by atoms with Crippen molar-refractivity contribution in [2.45, 2.75) is 0 Å². The van der Waals surface area contributed by atoms with E-state index in [1.807, 2.05) is 53.1 Å². The monoisotopic (exact) mass is 571 g/mol. The van der Waals surface area contributed by atoms with Crippen molar-refractivity contribution in [1.82, 2.24) is 28.8 Å². The highest BCUT2D eigenvalue weighted by Gasteiger charge is 2.19. The third kappa shape index (κ3) is 4.85. The molecule has 0 radical (unpaired) electrons. The van der Waals surface area contributed by atoms with Gasteiger partial charge in [-0.25, -0.2) is 14.4 Å². The number of rotatable bonds is 6. The zero-order chi connectivity index (χ0) is 29.5. The number of nitrogens with one attached hydrogen (secondary N) is 2. The SMILES string of the molecule is C=CC(=O)Nc1cccc(-n2c3nc(Nc4ccc(N5CCN(C)CC5)cc4)ncc3c(=O)n3c4ccccc4nc23)c1. The highest BCUT2D eigenvalue weighted by atomic mass is 16.1. The van der Waals surface area contributed by atoms with E-state index < -0.39 is 0 Å². The minimum atomic E-state index is -0.328. The number of piperazine rings is 1. The van der Waals surface area contributed by atoms with Crippen molar-refractivity contribution in [3.05, 3.63) is 102 Å². The van der Waals surface area contributed by atoms with Crippen LogP contribution < -0.4 is 21.1 Å².